The van der Waals surface area contributed by atoms with Gasteiger partial charge in [0, 0.05) is 30.7 Å². The molecule has 0 radical (unpaired) electrons. The van der Waals surface area contributed by atoms with Crippen LogP contribution in [0, 0.1) is 5.41 Å². The molecule has 1 aromatic heterocycles. The Morgan fingerprint density at radius 3 is 2.38 bits per heavy atom. The smallest absolute Gasteiger partial charge is 0.129 e. The van der Waals surface area contributed by atoms with Crippen LogP contribution in [0.15, 0.2) is 12.1 Å². The summed E-state index contributed by atoms with van der Waals surface area (Å²) in [7, 11) is 0. The Kier molecular flexibility index (Phi) is 4.62. The summed E-state index contributed by atoms with van der Waals surface area (Å²) in [5.41, 5.74) is 8.76. The molecule has 0 bridgehead atoms. The molecule has 1 aliphatic rings. The lowest BCUT2D eigenvalue weighted by atomic mass is 9.82. The SMILES string of the molecule is CCC1(CC)CCN(c2cc(CN)cc(C(C)(C)C)n2)C1. The summed E-state index contributed by atoms with van der Waals surface area (Å²) < 4.78 is 0. The summed E-state index contributed by atoms with van der Waals surface area (Å²) in [5, 5.41) is 0. The van der Waals surface area contributed by atoms with Gasteiger partial charge in [-0.25, -0.2) is 4.98 Å². The Balaban J connectivity index is 2.32. The molecule has 0 spiro atoms. The van der Waals surface area contributed by atoms with Gasteiger partial charge in [0.05, 0.1) is 0 Å². The predicted octanol–water partition coefficient (Wildman–Crippen LogP) is 3.85. The van der Waals surface area contributed by atoms with Crippen molar-refractivity contribution in [1.29, 1.82) is 0 Å². The first-order valence-electron chi connectivity index (χ1n) is 8.30. The summed E-state index contributed by atoms with van der Waals surface area (Å²) in [6.45, 7) is 14.1. The summed E-state index contributed by atoms with van der Waals surface area (Å²) >= 11 is 0. The van der Waals surface area contributed by atoms with Crippen molar-refractivity contribution in [3.63, 3.8) is 0 Å². The van der Waals surface area contributed by atoms with E-state index < -0.39 is 0 Å². The molecule has 0 unspecified atom stereocenters. The maximum Gasteiger partial charge on any atom is 0.129 e. The second-order valence-corrected chi connectivity index (χ2v) is 7.55. The lowest BCUT2D eigenvalue weighted by Gasteiger charge is -2.28. The van der Waals surface area contributed by atoms with E-state index in [1.807, 2.05) is 0 Å². The topological polar surface area (TPSA) is 42.1 Å². The van der Waals surface area contributed by atoms with Gasteiger partial charge in [-0.1, -0.05) is 34.6 Å². The maximum absolute atomic E-state index is 5.89. The van der Waals surface area contributed by atoms with E-state index in [1.54, 1.807) is 0 Å². The highest BCUT2D eigenvalue weighted by Crippen LogP contribution is 2.39. The molecule has 118 valence electrons. The average molecular weight is 289 g/mol. The summed E-state index contributed by atoms with van der Waals surface area (Å²) in [6.07, 6.45) is 3.78. The molecule has 3 heteroatoms. The molecule has 3 nitrogen and oxygen atoms in total. The van der Waals surface area contributed by atoms with Crippen LogP contribution in [-0.2, 0) is 12.0 Å². The van der Waals surface area contributed by atoms with Gasteiger partial charge < -0.3 is 10.6 Å². The van der Waals surface area contributed by atoms with Gasteiger partial charge in [-0.05, 0) is 42.4 Å². The quantitative estimate of drug-likeness (QED) is 0.915. The monoisotopic (exact) mass is 289 g/mol. The Labute approximate surface area is 129 Å². The predicted molar refractivity (Wildman–Crippen MR) is 90.7 cm³/mol. The molecule has 1 aliphatic heterocycles. The third kappa shape index (κ3) is 3.39. The van der Waals surface area contributed by atoms with E-state index in [9.17, 15) is 0 Å². The molecule has 1 aromatic rings. The van der Waals surface area contributed by atoms with Crippen molar-refractivity contribution in [2.75, 3.05) is 18.0 Å². The number of anilines is 1. The van der Waals surface area contributed by atoms with Gasteiger partial charge in [0.1, 0.15) is 5.82 Å². The molecule has 0 amide bonds. The van der Waals surface area contributed by atoms with E-state index in [0.717, 1.165) is 24.6 Å². The zero-order chi connectivity index (χ0) is 15.7. The largest absolute Gasteiger partial charge is 0.356 e. The van der Waals surface area contributed by atoms with Crippen molar-refractivity contribution in [3.05, 3.63) is 23.4 Å². The van der Waals surface area contributed by atoms with E-state index in [2.05, 4.69) is 51.7 Å². The van der Waals surface area contributed by atoms with Gasteiger partial charge in [0.2, 0.25) is 0 Å². The number of nitrogens with zero attached hydrogens (tertiary/aromatic N) is 2. The van der Waals surface area contributed by atoms with Gasteiger partial charge in [0.15, 0.2) is 0 Å². The van der Waals surface area contributed by atoms with Crippen molar-refractivity contribution < 1.29 is 0 Å². The van der Waals surface area contributed by atoms with E-state index in [-0.39, 0.29) is 5.41 Å². The van der Waals surface area contributed by atoms with Crippen molar-refractivity contribution in [3.8, 4) is 0 Å². The highest BCUT2D eigenvalue weighted by atomic mass is 15.2. The molecule has 1 saturated heterocycles. The van der Waals surface area contributed by atoms with Crippen LogP contribution < -0.4 is 10.6 Å². The molecule has 2 N–H and O–H groups in total. The van der Waals surface area contributed by atoms with Gasteiger partial charge in [-0.15, -0.1) is 0 Å². The van der Waals surface area contributed by atoms with E-state index >= 15 is 0 Å². The van der Waals surface area contributed by atoms with Crippen LogP contribution in [0.1, 0.15) is 65.1 Å². The first-order chi connectivity index (χ1) is 9.83. The van der Waals surface area contributed by atoms with Gasteiger partial charge in [-0.3, -0.25) is 0 Å². The highest BCUT2D eigenvalue weighted by Gasteiger charge is 2.35. The van der Waals surface area contributed by atoms with Crippen LogP contribution in [0.4, 0.5) is 5.82 Å². The minimum Gasteiger partial charge on any atom is -0.356 e. The fraction of sp³-hybridized carbons (Fsp3) is 0.722. The van der Waals surface area contributed by atoms with Crippen LogP contribution >= 0.6 is 0 Å². The first kappa shape index (κ1) is 16.3. The van der Waals surface area contributed by atoms with Gasteiger partial charge in [0.25, 0.3) is 0 Å². The van der Waals surface area contributed by atoms with Crippen LogP contribution in [0.2, 0.25) is 0 Å². The van der Waals surface area contributed by atoms with Crippen LogP contribution in [0.25, 0.3) is 0 Å². The lowest BCUT2D eigenvalue weighted by molar-refractivity contribution is 0.301. The number of pyridine rings is 1. The third-order valence-corrected chi connectivity index (χ3v) is 5.14. The molecule has 2 rings (SSSR count). The summed E-state index contributed by atoms with van der Waals surface area (Å²) in [4.78, 5) is 7.40. The number of hydrogen-bond donors (Lipinski definition) is 1. The molecule has 21 heavy (non-hydrogen) atoms. The summed E-state index contributed by atoms with van der Waals surface area (Å²) in [5.74, 6) is 1.12. The van der Waals surface area contributed by atoms with Crippen LogP contribution in [0.3, 0.4) is 0 Å². The second kappa shape index (κ2) is 5.96. The molecule has 0 aromatic carbocycles. The third-order valence-electron chi connectivity index (χ3n) is 5.14. The lowest BCUT2D eigenvalue weighted by Crippen LogP contribution is -2.28. The van der Waals surface area contributed by atoms with Crippen molar-refractivity contribution in [2.45, 2.75) is 65.8 Å². The Morgan fingerprint density at radius 1 is 1.24 bits per heavy atom. The molecule has 0 aliphatic carbocycles. The van der Waals surface area contributed by atoms with Crippen molar-refractivity contribution >= 4 is 5.82 Å². The second-order valence-electron chi connectivity index (χ2n) is 7.55. The number of hydrogen-bond acceptors (Lipinski definition) is 3. The highest BCUT2D eigenvalue weighted by molar-refractivity contribution is 5.45. The van der Waals surface area contributed by atoms with E-state index in [1.165, 1.54) is 24.8 Å². The summed E-state index contributed by atoms with van der Waals surface area (Å²) in [6, 6.07) is 4.34. The Hall–Kier alpha value is -1.09. The van der Waals surface area contributed by atoms with E-state index in [0.29, 0.717) is 12.0 Å². The van der Waals surface area contributed by atoms with E-state index in [4.69, 9.17) is 10.7 Å². The van der Waals surface area contributed by atoms with Crippen LogP contribution in [-0.4, -0.2) is 18.1 Å². The van der Waals surface area contributed by atoms with Gasteiger partial charge >= 0.3 is 0 Å². The maximum atomic E-state index is 5.89. The molecule has 1 fully saturated rings. The van der Waals surface area contributed by atoms with Crippen molar-refractivity contribution in [1.82, 2.24) is 4.98 Å². The minimum absolute atomic E-state index is 0.0618. The number of nitrogens with two attached hydrogens (primary N) is 1. The standard InChI is InChI=1S/C18H31N3/c1-6-18(7-2)8-9-21(13-18)16-11-14(12-19)10-15(20-16)17(3,4)5/h10-11H,6-9,12-13,19H2,1-5H3. The zero-order valence-electron chi connectivity index (χ0n) is 14.4. The first-order valence-corrected chi connectivity index (χ1v) is 8.30. The average Bonchev–Trinajstić information content (AvgIpc) is 2.91. The fourth-order valence-corrected chi connectivity index (χ4v) is 3.19. The Morgan fingerprint density at radius 2 is 1.90 bits per heavy atom. The zero-order valence-corrected chi connectivity index (χ0v) is 14.4. The van der Waals surface area contributed by atoms with Gasteiger partial charge in [-0.2, -0.15) is 0 Å². The molecular weight excluding hydrogens is 258 g/mol. The minimum atomic E-state index is 0.0618. The van der Waals surface area contributed by atoms with Crippen molar-refractivity contribution in [2.24, 2.45) is 11.1 Å². The molecule has 0 atom stereocenters. The van der Waals surface area contributed by atoms with Crippen LogP contribution in [0.5, 0.6) is 0 Å². The number of rotatable bonds is 4. The molecule has 2 heterocycles. The fourth-order valence-electron chi connectivity index (χ4n) is 3.19. The number of aromatic nitrogens is 1. The normalized spacial score (nSPS) is 18.3. The Bertz CT molecular complexity index is 484. The molecular formula is C18H31N3. The molecule has 0 saturated carbocycles.